The molecule has 0 aromatic heterocycles. The minimum Gasteiger partial charge on any atom is -0.266 e. The maximum absolute atomic E-state index is 10.6. The molecule has 0 unspecified atom stereocenters. The van der Waals surface area contributed by atoms with Crippen molar-refractivity contribution in [2.75, 3.05) is 0 Å². The molecule has 48 valence electrons. The van der Waals surface area contributed by atoms with Crippen LogP contribution in [0.2, 0.25) is 0 Å². The highest BCUT2D eigenvalue weighted by atomic mass is 16.1. The predicted octanol–water partition coefficient (Wildman–Crippen LogP) is 1.33. The average molecular weight is 123 g/mol. The van der Waals surface area contributed by atoms with Gasteiger partial charge >= 0.3 is 0 Å². The minimum absolute atomic E-state index is 0.312. The predicted molar refractivity (Wildman–Crippen MR) is 37.5 cm³/mol. The maximum Gasteiger partial charge on any atom is 0.280 e. The van der Waals surface area contributed by atoms with Crippen molar-refractivity contribution in [2.24, 2.45) is 4.99 Å². The van der Waals surface area contributed by atoms with Gasteiger partial charge in [0.25, 0.3) is 5.91 Å². The summed E-state index contributed by atoms with van der Waals surface area (Å²) >= 11 is 0. The molecule has 9 heavy (non-hydrogen) atoms. The molecule has 0 aliphatic rings. The first-order valence-electron chi connectivity index (χ1n) is 2.62. The summed E-state index contributed by atoms with van der Waals surface area (Å²) in [5, 5.41) is 0. The zero-order valence-corrected chi connectivity index (χ0v) is 5.64. The number of carbonyl (C=O) groups is 1. The summed E-state index contributed by atoms with van der Waals surface area (Å²) in [6.07, 6.45) is 1.57. The zero-order valence-electron chi connectivity index (χ0n) is 5.64. The van der Waals surface area contributed by atoms with Crippen LogP contribution in [0.1, 0.15) is 13.8 Å². The topological polar surface area (TPSA) is 29.4 Å². The average Bonchev–Trinajstić information content (AvgIpc) is 1.82. The SMILES string of the molecule is C=C(C)C(=O)N=C=CC. The van der Waals surface area contributed by atoms with Crippen LogP contribution in [0.15, 0.2) is 23.2 Å². The number of amides is 1. The molecule has 0 aromatic carbocycles. The standard InChI is InChI=1S/C7H9NO/c1-4-5-8-7(9)6(2)3/h4H,2H2,1,3H3. The van der Waals surface area contributed by atoms with Crippen molar-refractivity contribution in [2.45, 2.75) is 13.8 Å². The van der Waals surface area contributed by atoms with Gasteiger partial charge in [0.05, 0.1) is 0 Å². The van der Waals surface area contributed by atoms with Crippen molar-refractivity contribution in [1.29, 1.82) is 0 Å². The summed E-state index contributed by atoms with van der Waals surface area (Å²) in [6, 6.07) is 0. The third kappa shape index (κ3) is 3.44. The van der Waals surface area contributed by atoms with Crippen molar-refractivity contribution in [1.82, 2.24) is 0 Å². The smallest absolute Gasteiger partial charge is 0.266 e. The van der Waals surface area contributed by atoms with Crippen LogP contribution in [-0.4, -0.2) is 11.8 Å². The fraction of sp³-hybridized carbons (Fsp3) is 0.286. The van der Waals surface area contributed by atoms with E-state index >= 15 is 0 Å². The molecular formula is C7H9NO. The number of aliphatic imine (C=N–C) groups is 1. The summed E-state index contributed by atoms with van der Waals surface area (Å²) in [7, 11) is 0. The molecule has 2 nitrogen and oxygen atoms in total. The second-order valence-corrected chi connectivity index (χ2v) is 1.62. The molecule has 0 saturated carbocycles. The molecule has 0 N–H and O–H groups in total. The Kier molecular flexibility index (Phi) is 3.33. The third-order valence-corrected chi connectivity index (χ3v) is 0.660. The molecule has 0 rings (SSSR count). The van der Waals surface area contributed by atoms with Gasteiger partial charge in [-0.05, 0) is 25.8 Å². The van der Waals surface area contributed by atoms with E-state index in [0.29, 0.717) is 5.57 Å². The van der Waals surface area contributed by atoms with Gasteiger partial charge in [-0.1, -0.05) is 6.58 Å². The lowest BCUT2D eigenvalue weighted by Gasteiger charge is -1.82. The monoisotopic (exact) mass is 123 g/mol. The Labute approximate surface area is 54.6 Å². The van der Waals surface area contributed by atoms with E-state index in [4.69, 9.17) is 0 Å². The van der Waals surface area contributed by atoms with Crippen LogP contribution < -0.4 is 0 Å². The van der Waals surface area contributed by atoms with Crippen LogP contribution in [0.25, 0.3) is 0 Å². The van der Waals surface area contributed by atoms with Gasteiger partial charge in [0, 0.05) is 5.57 Å². The van der Waals surface area contributed by atoms with Gasteiger partial charge in [-0.25, -0.2) is 0 Å². The Hall–Kier alpha value is -1.14. The molecule has 0 aromatic rings. The number of hydrogen-bond acceptors (Lipinski definition) is 1. The first-order valence-corrected chi connectivity index (χ1v) is 2.62. The minimum atomic E-state index is -0.312. The maximum atomic E-state index is 10.6. The molecule has 0 radical (unpaired) electrons. The van der Waals surface area contributed by atoms with E-state index in [9.17, 15) is 4.79 Å². The van der Waals surface area contributed by atoms with Crippen LogP contribution in [-0.2, 0) is 4.79 Å². The highest BCUT2D eigenvalue weighted by Crippen LogP contribution is 1.87. The summed E-state index contributed by atoms with van der Waals surface area (Å²) in [5.41, 5.74) is 0.435. The summed E-state index contributed by atoms with van der Waals surface area (Å²) in [5.74, 6) is 2.11. The Morgan fingerprint density at radius 3 is 2.67 bits per heavy atom. The molecule has 0 spiro atoms. The van der Waals surface area contributed by atoms with Gasteiger partial charge in [-0.2, -0.15) is 4.99 Å². The third-order valence-electron chi connectivity index (χ3n) is 0.660. The van der Waals surface area contributed by atoms with Crippen LogP contribution in [0.5, 0.6) is 0 Å². The number of nitrogens with zero attached hydrogens (tertiary/aromatic N) is 1. The molecular weight excluding hydrogens is 114 g/mol. The molecule has 0 aliphatic carbocycles. The fourth-order valence-corrected chi connectivity index (χ4v) is 0.219. The summed E-state index contributed by atoms with van der Waals surface area (Å²) in [4.78, 5) is 14.0. The van der Waals surface area contributed by atoms with Crippen LogP contribution in [0.4, 0.5) is 0 Å². The van der Waals surface area contributed by atoms with Crippen molar-refractivity contribution < 1.29 is 4.79 Å². The molecule has 0 aliphatic heterocycles. The first-order chi connectivity index (χ1) is 4.18. The Balaban J connectivity index is 4.09. The van der Waals surface area contributed by atoms with E-state index < -0.39 is 0 Å². The molecule has 1 amide bonds. The zero-order chi connectivity index (χ0) is 7.28. The van der Waals surface area contributed by atoms with Gasteiger partial charge in [-0.3, -0.25) is 4.79 Å². The molecule has 0 atom stereocenters. The summed E-state index contributed by atoms with van der Waals surface area (Å²) in [6.45, 7) is 6.77. The summed E-state index contributed by atoms with van der Waals surface area (Å²) < 4.78 is 0. The van der Waals surface area contributed by atoms with Gasteiger partial charge in [-0.15, -0.1) is 0 Å². The fourth-order valence-electron chi connectivity index (χ4n) is 0.219. The van der Waals surface area contributed by atoms with E-state index in [1.165, 1.54) is 0 Å². The Morgan fingerprint density at radius 2 is 2.33 bits per heavy atom. The van der Waals surface area contributed by atoms with E-state index in [2.05, 4.69) is 17.4 Å². The molecule has 0 heterocycles. The number of rotatable bonds is 1. The van der Waals surface area contributed by atoms with Crippen molar-refractivity contribution in [3.63, 3.8) is 0 Å². The second-order valence-electron chi connectivity index (χ2n) is 1.62. The number of hydrogen-bond donors (Lipinski definition) is 0. The lowest BCUT2D eigenvalue weighted by molar-refractivity contribution is -0.114. The Morgan fingerprint density at radius 1 is 1.78 bits per heavy atom. The van der Waals surface area contributed by atoms with Gasteiger partial charge < -0.3 is 0 Å². The Bertz CT molecular complexity index is 185. The first kappa shape index (κ1) is 7.86. The van der Waals surface area contributed by atoms with Crippen LogP contribution >= 0.6 is 0 Å². The van der Waals surface area contributed by atoms with Gasteiger partial charge in [0.2, 0.25) is 0 Å². The van der Waals surface area contributed by atoms with Crippen LogP contribution in [0.3, 0.4) is 0 Å². The van der Waals surface area contributed by atoms with E-state index in [1.807, 2.05) is 0 Å². The lowest BCUT2D eigenvalue weighted by Crippen LogP contribution is -1.90. The molecule has 2 heteroatoms. The normalized spacial score (nSPS) is 7.33. The van der Waals surface area contributed by atoms with Gasteiger partial charge in [0.15, 0.2) is 0 Å². The molecule has 0 bridgehead atoms. The quantitative estimate of drug-likeness (QED) is 0.382. The van der Waals surface area contributed by atoms with E-state index in [0.717, 1.165) is 0 Å². The lowest BCUT2D eigenvalue weighted by atomic mass is 10.3. The highest BCUT2D eigenvalue weighted by Gasteiger charge is 1.93. The van der Waals surface area contributed by atoms with Crippen molar-refractivity contribution >= 4 is 11.8 Å². The second kappa shape index (κ2) is 3.81. The molecule has 0 saturated heterocycles. The van der Waals surface area contributed by atoms with Crippen molar-refractivity contribution in [3.8, 4) is 0 Å². The van der Waals surface area contributed by atoms with Crippen LogP contribution in [0, 0.1) is 0 Å². The highest BCUT2D eigenvalue weighted by molar-refractivity contribution is 5.96. The largest absolute Gasteiger partial charge is 0.280 e. The molecule has 0 fully saturated rings. The number of carbonyl (C=O) groups excluding carboxylic acids is 1. The van der Waals surface area contributed by atoms with E-state index in [1.54, 1.807) is 19.9 Å². The van der Waals surface area contributed by atoms with Gasteiger partial charge in [0.1, 0.15) is 0 Å². The van der Waals surface area contributed by atoms with E-state index in [-0.39, 0.29) is 5.91 Å². The number of allylic oxidation sites excluding steroid dienone is 1. The van der Waals surface area contributed by atoms with Crippen molar-refractivity contribution in [3.05, 3.63) is 18.2 Å².